The van der Waals surface area contributed by atoms with Crippen molar-refractivity contribution < 1.29 is 14.3 Å². The van der Waals surface area contributed by atoms with Crippen molar-refractivity contribution in [3.05, 3.63) is 52.3 Å². The maximum absolute atomic E-state index is 12.7. The molecular weight excluding hydrogens is 354 g/mol. The zero-order valence-electron chi connectivity index (χ0n) is 17.1. The highest BCUT2D eigenvalue weighted by atomic mass is 16.5. The van der Waals surface area contributed by atoms with E-state index in [0.29, 0.717) is 29.1 Å². The molecule has 6 nitrogen and oxygen atoms in total. The second kappa shape index (κ2) is 8.50. The number of aromatic nitrogens is 1. The molecule has 2 heterocycles. The summed E-state index contributed by atoms with van der Waals surface area (Å²) in [5.41, 5.74) is 4.77. The Morgan fingerprint density at radius 1 is 1.25 bits per heavy atom. The number of anilines is 1. The molecule has 0 saturated carbocycles. The molecule has 1 aliphatic heterocycles. The van der Waals surface area contributed by atoms with Gasteiger partial charge in [-0.05, 0) is 57.7 Å². The first-order valence-corrected chi connectivity index (χ1v) is 9.89. The fraction of sp³-hybridized carbons (Fsp3) is 0.455. The van der Waals surface area contributed by atoms with Gasteiger partial charge in [-0.15, -0.1) is 0 Å². The molecule has 28 heavy (non-hydrogen) atoms. The number of ether oxygens (including phenoxy) is 1. The molecule has 6 heteroatoms. The number of benzene rings is 1. The van der Waals surface area contributed by atoms with E-state index in [0.717, 1.165) is 25.9 Å². The number of esters is 1. The van der Waals surface area contributed by atoms with Crippen LogP contribution >= 0.6 is 0 Å². The summed E-state index contributed by atoms with van der Waals surface area (Å²) >= 11 is 0. The minimum Gasteiger partial charge on any atom is -0.459 e. The molecule has 0 aliphatic carbocycles. The average molecular weight is 383 g/mol. The minimum atomic E-state index is -0.398. The van der Waals surface area contributed by atoms with Gasteiger partial charge >= 0.3 is 5.97 Å². The van der Waals surface area contributed by atoms with Crippen LogP contribution in [0.15, 0.2) is 24.3 Å². The number of aryl methyl sites for hydroxylation is 2. The van der Waals surface area contributed by atoms with Crippen LogP contribution in [0.5, 0.6) is 0 Å². The number of para-hydroxylation sites is 1. The summed E-state index contributed by atoms with van der Waals surface area (Å²) < 4.78 is 5.29. The summed E-state index contributed by atoms with van der Waals surface area (Å²) in [6.07, 6.45) is 2.03. The molecule has 1 aromatic heterocycles. The molecule has 0 bridgehead atoms. The number of carbonyl (C=O) groups is 2. The van der Waals surface area contributed by atoms with Crippen molar-refractivity contribution in [2.75, 3.05) is 24.5 Å². The van der Waals surface area contributed by atoms with Crippen LogP contribution < -0.4 is 10.2 Å². The molecule has 2 N–H and O–H groups in total. The summed E-state index contributed by atoms with van der Waals surface area (Å²) in [4.78, 5) is 30.3. The Labute approximate surface area is 166 Å². The Kier molecular flexibility index (Phi) is 6.07. The first kappa shape index (κ1) is 20.0. The molecule has 0 fully saturated rings. The van der Waals surface area contributed by atoms with Gasteiger partial charge in [0.1, 0.15) is 5.69 Å². The van der Waals surface area contributed by atoms with Gasteiger partial charge in [0, 0.05) is 31.0 Å². The number of carbonyl (C=O) groups excluding carboxylic acids is 2. The topological polar surface area (TPSA) is 74.4 Å². The summed E-state index contributed by atoms with van der Waals surface area (Å²) in [6, 6.07) is 8.44. The lowest BCUT2D eigenvalue weighted by Gasteiger charge is -2.31. The van der Waals surface area contributed by atoms with E-state index in [4.69, 9.17) is 4.74 Å². The predicted molar refractivity (Wildman–Crippen MR) is 110 cm³/mol. The Morgan fingerprint density at radius 2 is 2.00 bits per heavy atom. The summed E-state index contributed by atoms with van der Waals surface area (Å²) in [6.45, 7) is 9.46. The lowest BCUT2D eigenvalue weighted by atomic mass is 10.0. The Bertz CT molecular complexity index is 870. The predicted octanol–water partition coefficient (Wildman–Crippen LogP) is 3.38. The van der Waals surface area contributed by atoms with Crippen molar-refractivity contribution in [2.45, 2.75) is 46.6 Å². The molecule has 0 saturated heterocycles. The largest absolute Gasteiger partial charge is 0.459 e. The van der Waals surface area contributed by atoms with Gasteiger partial charge in [0.25, 0.3) is 5.91 Å². The zero-order chi connectivity index (χ0) is 20.3. The highest BCUT2D eigenvalue weighted by Crippen LogP contribution is 2.26. The van der Waals surface area contributed by atoms with Gasteiger partial charge in [-0.25, -0.2) is 4.79 Å². The first-order chi connectivity index (χ1) is 13.4. The molecular formula is C22H29N3O3. The Balaban J connectivity index is 1.63. The van der Waals surface area contributed by atoms with E-state index in [2.05, 4.69) is 39.5 Å². The van der Waals surface area contributed by atoms with Crippen molar-refractivity contribution >= 4 is 17.6 Å². The van der Waals surface area contributed by atoms with E-state index in [1.807, 2.05) is 13.8 Å². The maximum atomic E-state index is 12.7. The lowest BCUT2D eigenvalue weighted by Crippen LogP contribution is -2.37. The zero-order valence-corrected chi connectivity index (χ0v) is 17.1. The van der Waals surface area contributed by atoms with Gasteiger partial charge in [-0.2, -0.15) is 0 Å². The molecule has 0 unspecified atom stereocenters. The highest BCUT2D eigenvalue weighted by Gasteiger charge is 2.24. The van der Waals surface area contributed by atoms with Crippen LogP contribution in [0.3, 0.4) is 0 Å². The molecule has 1 aromatic carbocycles. The van der Waals surface area contributed by atoms with Crippen molar-refractivity contribution in [1.29, 1.82) is 0 Å². The van der Waals surface area contributed by atoms with Crippen LogP contribution in [0.4, 0.5) is 5.69 Å². The third-order valence-electron chi connectivity index (χ3n) is 5.09. The Hall–Kier alpha value is -2.76. The fourth-order valence-electron chi connectivity index (χ4n) is 3.79. The van der Waals surface area contributed by atoms with Crippen molar-refractivity contribution in [3.63, 3.8) is 0 Å². The second-order valence-electron chi connectivity index (χ2n) is 7.55. The van der Waals surface area contributed by atoms with Crippen LogP contribution in [0.25, 0.3) is 0 Å². The number of hydrogen-bond donors (Lipinski definition) is 2. The van der Waals surface area contributed by atoms with E-state index in [-0.39, 0.29) is 12.0 Å². The van der Waals surface area contributed by atoms with Gasteiger partial charge < -0.3 is 19.9 Å². The third kappa shape index (κ3) is 4.21. The van der Waals surface area contributed by atoms with Crippen molar-refractivity contribution in [1.82, 2.24) is 10.3 Å². The van der Waals surface area contributed by atoms with Crippen LogP contribution in [0, 0.1) is 13.8 Å². The molecule has 0 spiro atoms. The van der Waals surface area contributed by atoms with E-state index in [1.54, 1.807) is 13.8 Å². The lowest BCUT2D eigenvalue weighted by molar-refractivity contribution is 0.0376. The van der Waals surface area contributed by atoms with Crippen molar-refractivity contribution in [2.24, 2.45) is 0 Å². The number of nitrogens with one attached hydrogen (secondary N) is 2. The van der Waals surface area contributed by atoms with Crippen molar-refractivity contribution in [3.8, 4) is 0 Å². The van der Waals surface area contributed by atoms with Gasteiger partial charge in [-0.3, -0.25) is 4.79 Å². The molecule has 0 atom stereocenters. The van der Waals surface area contributed by atoms with E-state index < -0.39 is 5.97 Å². The van der Waals surface area contributed by atoms with E-state index >= 15 is 0 Å². The van der Waals surface area contributed by atoms with Crippen LogP contribution in [0.2, 0.25) is 0 Å². The van der Waals surface area contributed by atoms with Gasteiger partial charge in [0.05, 0.1) is 11.7 Å². The van der Waals surface area contributed by atoms with Gasteiger partial charge in [-0.1, -0.05) is 18.2 Å². The highest BCUT2D eigenvalue weighted by molar-refractivity contribution is 6.00. The fourth-order valence-corrected chi connectivity index (χ4v) is 3.79. The van der Waals surface area contributed by atoms with E-state index in [9.17, 15) is 9.59 Å². The molecule has 2 aromatic rings. The number of rotatable bonds is 6. The number of hydrogen-bond acceptors (Lipinski definition) is 4. The standard InChI is InChI=1S/C22H29N3O3/c1-14(2)28-22(27)19-15(3)20(24-16(19)4)21(26)23-11-13-25-12-7-9-17-8-5-6-10-18(17)25/h5-6,8,10,14,24H,7,9,11-13H2,1-4H3,(H,23,26). The SMILES string of the molecule is Cc1[nH]c(C(=O)NCCN2CCCc3ccccc32)c(C)c1C(=O)OC(C)C. The normalized spacial score (nSPS) is 13.4. The van der Waals surface area contributed by atoms with Crippen LogP contribution in [-0.4, -0.2) is 42.6 Å². The minimum absolute atomic E-state index is 0.200. The number of aromatic amines is 1. The van der Waals surface area contributed by atoms with Gasteiger partial charge in [0.15, 0.2) is 0 Å². The smallest absolute Gasteiger partial charge is 0.340 e. The summed E-state index contributed by atoms with van der Waals surface area (Å²) in [7, 11) is 0. The number of H-pyrrole nitrogens is 1. The molecule has 3 rings (SSSR count). The second-order valence-corrected chi connectivity index (χ2v) is 7.55. The molecule has 150 valence electrons. The molecule has 1 aliphatic rings. The summed E-state index contributed by atoms with van der Waals surface area (Å²) in [5, 5.41) is 2.97. The number of nitrogens with zero attached hydrogens (tertiary/aromatic N) is 1. The number of fused-ring (bicyclic) bond motifs is 1. The van der Waals surface area contributed by atoms with Crippen LogP contribution in [0.1, 0.15) is 57.9 Å². The number of amides is 1. The summed E-state index contributed by atoms with van der Waals surface area (Å²) in [5.74, 6) is -0.597. The Morgan fingerprint density at radius 3 is 2.75 bits per heavy atom. The quantitative estimate of drug-likeness (QED) is 0.750. The third-order valence-corrected chi connectivity index (χ3v) is 5.09. The van der Waals surface area contributed by atoms with Crippen LogP contribution in [-0.2, 0) is 11.2 Å². The molecule has 0 radical (unpaired) electrons. The van der Waals surface area contributed by atoms with E-state index in [1.165, 1.54) is 11.3 Å². The molecule has 1 amide bonds. The maximum Gasteiger partial charge on any atom is 0.340 e. The average Bonchev–Trinajstić information content (AvgIpc) is 2.95. The first-order valence-electron chi connectivity index (χ1n) is 9.89. The monoisotopic (exact) mass is 383 g/mol. The van der Waals surface area contributed by atoms with Gasteiger partial charge in [0.2, 0.25) is 0 Å².